The van der Waals surface area contributed by atoms with E-state index in [1.807, 2.05) is 20.0 Å². The van der Waals surface area contributed by atoms with E-state index in [0.29, 0.717) is 31.7 Å². The summed E-state index contributed by atoms with van der Waals surface area (Å²) in [7, 11) is -1.55. The number of nitrogens with one attached hydrogen (secondary N) is 1. The van der Waals surface area contributed by atoms with Crippen LogP contribution in [0.2, 0.25) is 0 Å². The van der Waals surface area contributed by atoms with Gasteiger partial charge >= 0.3 is 5.69 Å². The predicted octanol–water partition coefficient (Wildman–Crippen LogP) is 3.48. The van der Waals surface area contributed by atoms with Crippen molar-refractivity contribution in [2.45, 2.75) is 58.8 Å². The molecule has 40 heavy (non-hydrogen) atoms. The first-order chi connectivity index (χ1) is 18.7. The van der Waals surface area contributed by atoms with E-state index in [2.05, 4.69) is 16.1 Å². The molecule has 0 atom stereocenters. The minimum absolute atomic E-state index is 0.0811. The van der Waals surface area contributed by atoms with Crippen LogP contribution in [0.4, 0.5) is 0 Å². The van der Waals surface area contributed by atoms with Crippen LogP contribution in [-0.2, 0) is 36.6 Å². The molecule has 0 aliphatic carbocycles. The Balaban J connectivity index is 1.64. The highest BCUT2D eigenvalue weighted by molar-refractivity contribution is 7.88. The van der Waals surface area contributed by atoms with E-state index in [1.165, 1.54) is 10.6 Å². The second-order valence-electron chi connectivity index (χ2n) is 11.5. The lowest BCUT2D eigenvalue weighted by atomic mass is 10.0. The summed E-state index contributed by atoms with van der Waals surface area (Å²) in [6, 6.07) is 1.99. The van der Waals surface area contributed by atoms with E-state index in [-0.39, 0.29) is 11.7 Å². The molecular weight excluding hydrogens is 550 g/mol. The average Bonchev–Trinajstić information content (AvgIpc) is 3.60. The molecule has 1 aliphatic heterocycles. The molecule has 13 heteroatoms. The number of aliphatic hydroxyl groups is 1. The monoisotopic (exact) mass is 583 g/mol. The van der Waals surface area contributed by atoms with E-state index >= 15 is 0 Å². The molecule has 0 bridgehead atoms. The van der Waals surface area contributed by atoms with Crippen molar-refractivity contribution in [1.29, 1.82) is 0 Å². The number of thiophene rings is 1. The Morgan fingerprint density at radius 1 is 1.25 bits per heavy atom. The summed E-state index contributed by atoms with van der Waals surface area (Å²) in [6.45, 7) is 8.57. The van der Waals surface area contributed by atoms with Crippen LogP contribution in [0, 0.1) is 0 Å². The normalized spacial score (nSPS) is 15.1. The number of imidazole rings is 1. The van der Waals surface area contributed by atoms with Crippen molar-refractivity contribution >= 4 is 43.4 Å². The van der Waals surface area contributed by atoms with E-state index in [1.54, 1.807) is 58.4 Å². The van der Waals surface area contributed by atoms with Gasteiger partial charge in [0.15, 0.2) is 0 Å². The van der Waals surface area contributed by atoms with Crippen molar-refractivity contribution < 1.29 is 13.5 Å². The fourth-order valence-corrected chi connectivity index (χ4v) is 7.63. The van der Waals surface area contributed by atoms with Crippen molar-refractivity contribution in [1.82, 2.24) is 33.2 Å². The number of pyridine rings is 1. The second kappa shape index (κ2) is 9.13. The van der Waals surface area contributed by atoms with Crippen LogP contribution >= 0.6 is 11.3 Å². The van der Waals surface area contributed by atoms with Crippen LogP contribution in [0.1, 0.15) is 44.2 Å². The number of nitrogens with zero attached hydrogens (tertiary/aromatic N) is 6. The molecule has 0 saturated carbocycles. The van der Waals surface area contributed by atoms with Gasteiger partial charge in [-0.25, -0.2) is 18.2 Å². The minimum Gasteiger partial charge on any atom is -0.389 e. The molecular formula is C27H33N7O4S2. The van der Waals surface area contributed by atoms with Crippen molar-refractivity contribution in [2.24, 2.45) is 7.05 Å². The third kappa shape index (κ3) is 4.41. The second-order valence-corrected chi connectivity index (χ2v) is 14.7. The summed E-state index contributed by atoms with van der Waals surface area (Å²) < 4.78 is 31.2. The Hall–Kier alpha value is -3.26. The number of aromatic nitrogens is 6. The summed E-state index contributed by atoms with van der Waals surface area (Å²) in [5, 5.41) is 15.7. The molecule has 0 radical (unpaired) electrons. The van der Waals surface area contributed by atoms with Gasteiger partial charge in [-0.2, -0.15) is 9.40 Å². The summed E-state index contributed by atoms with van der Waals surface area (Å²) in [5.74, 6) is 0. The van der Waals surface area contributed by atoms with Crippen molar-refractivity contribution in [3.8, 4) is 21.7 Å². The van der Waals surface area contributed by atoms with Gasteiger partial charge in [0.25, 0.3) is 0 Å². The first-order valence-corrected chi connectivity index (χ1v) is 15.8. The molecule has 212 valence electrons. The van der Waals surface area contributed by atoms with Gasteiger partial charge in [0.05, 0.1) is 52.9 Å². The Bertz CT molecular complexity index is 1950. The Labute approximate surface area is 235 Å². The number of hydrogen-bond donors (Lipinski definition) is 2. The molecule has 0 saturated heterocycles. The smallest absolute Gasteiger partial charge is 0.329 e. The van der Waals surface area contributed by atoms with Gasteiger partial charge in [0, 0.05) is 53.3 Å². The van der Waals surface area contributed by atoms with Crippen LogP contribution in [0.15, 0.2) is 29.5 Å². The third-order valence-electron chi connectivity index (χ3n) is 7.41. The Kier molecular flexibility index (Phi) is 6.15. The van der Waals surface area contributed by atoms with E-state index in [4.69, 9.17) is 4.98 Å². The van der Waals surface area contributed by atoms with E-state index < -0.39 is 15.6 Å². The number of H-pyrrole nitrogens is 1. The molecule has 0 aromatic carbocycles. The summed E-state index contributed by atoms with van der Waals surface area (Å²) >= 11 is 1.65. The maximum Gasteiger partial charge on any atom is 0.329 e. The Morgan fingerprint density at radius 2 is 2.00 bits per heavy atom. The highest BCUT2D eigenvalue weighted by atomic mass is 32.2. The zero-order valence-corrected chi connectivity index (χ0v) is 25.0. The van der Waals surface area contributed by atoms with Gasteiger partial charge in [-0.05, 0) is 45.7 Å². The number of rotatable bonds is 6. The number of fused-ring (bicyclic) bond motifs is 4. The standard InChI is InChI=1S/C27H33N7O4S2/c1-15(2)34-24-18(31(5)26(34)35)11-28-25-22(24)21(23(30-25)17-10-29-32(12-17)14-27(3,4)36)20-9-16-13-33(40(6,37)38)8-7-19(16)39-20/h9-12,15,36H,7-8,13-14H2,1-6H3,(H,28,30). The number of aryl methyl sites for hydroxylation is 1. The molecule has 5 aromatic rings. The van der Waals surface area contributed by atoms with Gasteiger partial charge in [-0.1, -0.05) is 0 Å². The summed E-state index contributed by atoms with van der Waals surface area (Å²) in [6.07, 6.45) is 7.27. The first kappa shape index (κ1) is 26.9. The molecule has 0 unspecified atom stereocenters. The molecule has 6 heterocycles. The summed E-state index contributed by atoms with van der Waals surface area (Å²) in [4.78, 5) is 23.7. The minimum atomic E-state index is -3.31. The topological polar surface area (TPSA) is 131 Å². The SMILES string of the molecule is CC(C)n1c(=O)n(C)c2cnc3[nH]c(-c4cnn(CC(C)(C)O)c4)c(-c4cc5c(s4)CCN(S(C)(=O)=O)C5)c3c21. The molecule has 0 spiro atoms. The zero-order chi connectivity index (χ0) is 28.7. The van der Waals surface area contributed by atoms with Gasteiger partial charge in [-0.15, -0.1) is 11.3 Å². The zero-order valence-electron chi connectivity index (χ0n) is 23.4. The molecule has 0 amide bonds. The lowest BCUT2D eigenvalue weighted by molar-refractivity contribution is 0.0577. The average molecular weight is 584 g/mol. The maximum atomic E-state index is 13.3. The van der Waals surface area contributed by atoms with Gasteiger partial charge < -0.3 is 10.1 Å². The molecule has 11 nitrogen and oxygen atoms in total. The largest absolute Gasteiger partial charge is 0.389 e. The first-order valence-electron chi connectivity index (χ1n) is 13.2. The molecule has 2 N–H and O–H groups in total. The third-order valence-corrected chi connectivity index (χ3v) is 9.91. The highest BCUT2D eigenvalue weighted by Crippen LogP contribution is 2.45. The fraction of sp³-hybridized carbons (Fsp3) is 0.444. The number of hydrogen-bond acceptors (Lipinski definition) is 7. The van der Waals surface area contributed by atoms with Gasteiger partial charge in [0.2, 0.25) is 10.0 Å². The van der Waals surface area contributed by atoms with Crippen LogP contribution in [-0.4, -0.2) is 65.1 Å². The van der Waals surface area contributed by atoms with Crippen LogP contribution in [0.5, 0.6) is 0 Å². The lowest BCUT2D eigenvalue weighted by Crippen LogP contribution is -2.34. The molecule has 6 rings (SSSR count). The Morgan fingerprint density at radius 3 is 2.67 bits per heavy atom. The van der Waals surface area contributed by atoms with E-state index in [9.17, 15) is 18.3 Å². The van der Waals surface area contributed by atoms with Crippen molar-refractivity contribution in [3.05, 3.63) is 45.6 Å². The van der Waals surface area contributed by atoms with Crippen molar-refractivity contribution in [3.63, 3.8) is 0 Å². The van der Waals surface area contributed by atoms with Crippen LogP contribution < -0.4 is 5.69 Å². The van der Waals surface area contributed by atoms with Gasteiger partial charge in [-0.3, -0.25) is 13.8 Å². The maximum absolute atomic E-state index is 13.3. The van der Waals surface area contributed by atoms with Crippen LogP contribution in [0.3, 0.4) is 0 Å². The quantitative estimate of drug-likeness (QED) is 0.315. The van der Waals surface area contributed by atoms with E-state index in [0.717, 1.165) is 48.6 Å². The molecule has 0 fully saturated rings. The fourth-order valence-electron chi connectivity index (χ4n) is 5.61. The van der Waals surface area contributed by atoms with Crippen LogP contribution in [0.25, 0.3) is 43.8 Å². The predicted molar refractivity (Wildman–Crippen MR) is 157 cm³/mol. The number of aromatic amines is 1. The molecule has 5 aromatic heterocycles. The molecule has 1 aliphatic rings. The summed E-state index contributed by atoms with van der Waals surface area (Å²) in [5.41, 5.74) is 4.67. The van der Waals surface area contributed by atoms with Crippen molar-refractivity contribution in [2.75, 3.05) is 12.8 Å². The highest BCUT2D eigenvalue weighted by Gasteiger charge is 2.29. The lowest BCUT2D eigenvalue weighted by Gasteiger charge is -2.24. The number of sulfonamides is 1. The van der Waals surface area contributed by atoms with Gasteiger partial charge in [0.1, 0.15) is 5.65 Å².